The van der Waals surface area contributed by atoms with Gasteiger partial charge in [-0.25, -0.2) is 4.98 Å². The first-order chi connectivity index (χ1) is 16.9. The van der Waals surface area contributed by atoms with Crippen molar-refractivity contribution in [3.63, 3.8) is 0 Å². The van der Waals surface area contributed by atoms with Crippen LogP contribution in [0.25, 0.3) is 17.1 Å². The van der Waals surface area contributed by atoms with Gasteiger partial charge in [0.15, 0.2) is 11.0 Å². The summed E-state index contributed by atoms with van der Waals surface area (Å²) < 4.78 is 7.25. The molecule has 1 atom stereocenters. The van der Waals surface area contributed by atoms with Crippen molar-refractivity contribution in [2.24, 2.45) is 0 Å². The zero-order valence-electron chi connectivity index (χ0n) is 19.3. The Balaban J connectivity index is 1.65. The molecule has 4 aromatic rings. The fraction of sp³-hybridized carbons (Fsp3) is 0.250. The Kier molecular flexibility index (Phi) is 8.33. The molecule has 35 heavy (non-hydrogen) atoms. The average Bonchev–Trinajstić information content (AvgIpc) is 3.51. The summed E-state index contributed by atoms with van der Waals surface area (Å²) in [6.45, 7) is 3.99. The zero-order valence-corrected chi connectivity index (χ0v) is 22.4. The van der Waals surface area contributed by atoms with Crippen LogP contribution >= 0.6 is 46.3 Å². The first kappa shape index (κ1) is 25.5. The minimum absolute atomic E-state index is 0.0954. The number of halogens is 2. The highest BCUT2D eigenvalue weighted by Crippen LogP contribution is 2.35. The molecule has 2 aromatic carbocycles. The summed E-state index contributed by atoms with van der Waals surface area (Å²) in [7, 11) is 1.62. The fourth-order valence-electron chi connectivity index (χ4n) is 3.19. The number of amides is 1. The van der Waals surface area contributed by atoms with Crippen LogP contribution in [0.4, 0.5) is 0 Å². The molecule has 1 amide bonds. The molecular weight excluding hydrogens is 525 g/mol. The third-order valence-electron chi connectivity index (χ3n) is 5.21. The standard InChI is InChI=1S/C24H23Cl2N5O2S2/c1-4-14(2)27-23(32)19-12-34-21(28-19)13-35-24-30-29-22(15-6-5-7-17(10-15)33-3)31(24)20-11-16(25)8-9-18(20)26/h5-12,14H,4,13H2,1-3H3,(H,27,32). The van der Waals surface area contributed by atoms with Crippen LogP contribution in [0.3, 0.4) is 0 Å². The van der Waals surface area contributed by atoms with Crippen LogP contribution < -0.4 is 10.1 Å². The number of aromatic nitrogens is 4. The highest BCUT2D eigenvalue weighted by Gasteiger charge is 2.20. The van der Waals surface area contributed by atoms with Crippen LogP contribution in [0.5, 0.6) is 5.75 Å². The number of carbonyl (C=O) groups excluding carboxylic acids is 1. The molecule has 0 aliphatic carbocycles. The molecule has 0 bridgehead atoms. The summed E-state index contributed by atoms with van der Waals surface area (Å²) in [5.41, 5.74) is 1.90. The van der Waals surface area contributed by atoms with E-state index in [0.717, 1.165) is 17.0 Å². The van der Waals surface area contributed by atoms with E-state index in [1.165, 1.54) is 23.1 Å². The van der Waals surface area contributed by atoms with Gasteiger partial charge in [0.05, 0.1) is 23.6 Å². The van der Waals surface area contributed by atoms with E-state index in [4.69, 9.17) is 27.9 Å². The van der Waals surface area contributed by atoms with Crippen LogP contribution in [0.1, 0.15) is 35.8 Å². The number of thioether (sulfide) groups is 1. The van der Waals surface area contributed by atoms with E-state index < -0.39 is 0 Å². The molecule has 1 unspecified atom stereocenters. The van der Waals surface area contributed by atoms with Crippen LogP contribution in [-0.4, -0.2) is 38.8 Å². The number of hydrogen-bond donors (Lipinski definition) is 1. The van der Waals surface area contributed by atoms with Crippen molar-refractivity contribution in [3.8, 4) is 22.8 Å². The van der Waals surface area contributed by atoms with Gasteiger partial charge in [-0.2, -0.15) is 0 Å². The molecule has 0 aliphatic rings. The van der Waals surface area contributed by atoms with Gasteiger partial charge in [0.25, 0.3) is 5.91 Å². The summed E-state index contributed by atoms with van der Waals surface area (Å²) in [5.74, 6) is 1.65. The molecule has 0 spiro atoms. The van der Waals surface area contributed by atoms with Gasteiger partial charge < -0.3 is 10.1 Å². The van der Waals surface area contributed by atoms with Crippen LogP contribution in [0.2, 0.25) is 10.0 Å². The van der Waals surface area contributed by atoms with Crippen molar-refractivity contribution in [1.29, 1.82) is 0 Å². The van der Waals surface area contributed by atoms with Gasteiger partial charge in [0.2, 0.25) is 0 Å². The Morgan fingerprint density at radius 2 is 2.06 bits per heavy atom. The lowest BCUT2D eigenvalue weighted by atomic mass is 10.2. The summed E-state index contributed by atoms with van der Waals surface area (Å²) >= 11 is 15.7. The Labute approximate surface area is 221 Å². The zero-order chi connectivity index (χ0) is 24.9. The second-order valence-corrected chi connectivity index (χ2v) is 10.4. The molecule has 11 heteroatoms. The van der Waals surface area contributed by atoms with Crippen molar-refractivity contribution >= 4 is 52.2 Å². The third-order valence-corrected chi connectivity index (χ3v) is 7.74. The number of hydrogen-bond acceptors (Lipinski definition) is 7. The van der Waals surface area contributed by atoms with E-state index in [9.17, 15) is 4.79 Å². The SMILES string of the molecule is CCC(C)NC(=O)c1csc(CSc2nnc(-c3cccc(OC)c3)n2-c2cc(Cl)ccc2Cl)n1. The van der Waals surface area contributed by atoms with Crippen molar-refractivity contribution in [3.05, 3.63) is 68.6 Å². The largest absolute Gasteiger partial charge is 0.497 e. The summed E-state index contributed by atoms with van der Waals surface area (Å²) in [5, 5.41) is 16.1. The maximum absolute atomic E-state index is 12.4. The molecule has 0 radical (unpaired) electrons. The Morgan fingerprint density at radius 3 is 2.83 bits per heavy atom. The number of nitrogens with one attached hydrogen (secondary N) is 1. The molecule has 1 N–H and O–H groups in total. The van der Waals surface area contributed by atoms with E-state index in [1.54, 1.807) is 30.7 Å². The Hall–Kier alpha value is -2.59. The highest BCUT2D eigenvalue weighted by molar-refractivity contribution is 7.98. The smallest absolute Gasteiger partial charge is 0.270 e. The summed E-state index contributed by atoms with van der Waals surface area (Å²) in [4.78, 5) is 16.9. The van der Waals surface area contributed by atoms with E-state index >= 15 is 0 Å². The minimum Gasteiger partial charge on any atom is -0.497 e. The van der Waals surface area contributed by atoms with Gasteiger partial charge in [-0.15, -0.1) is 21.5 Å². The molecular formula is C24H23Cl2N5O2S2. The first-order valence-electron chi connectivity index (χ1n) is 10.8. The van der Waals surface area contributed by atoms with Crippen molar-refractivity contribution in [2.45, 2.75) is 37.2 Å². The van der Waals surface area contributed by atoms with Crippen LogP contribution in [-0.2, 0) is 5.75 Å². The molecule has 2 aromatic heterocycles. The molecule has 0 saturated carbocycles. The van der Waals surface area contributed by atoms with Crippen LogP contribution in [0, 0.1) is 0 Å². The van der Waals surface area contributed by atoms with Crippen molar-refractivity contribution in [2.75, 3.05) is 7.11 Å². The van der Waals surface area contributed by atoms with Crippen molar-refractivity contribution < 1.29 is 9.53 Å². The maximum Gasteiger partial charge on any atom is 0.270 e. The third kappa shape index (κ3) is 5.98. The van der Waals surface area contributed by atoms with Gasteiger partial charge in [0, 0.05) is 22.0 Å². The van der Waals surface area contributed by atoms with Gasteiger partial charge in [0.1, 0.15) is 16.5 Å². The number of benzene rings is 2. The van der Waals surface area contributed by atoms with Crippen LogP contribution in [0.15, 0.2) is 53.0 Å². The average molecular weight is 549 g/mol. The quantitative estimate of drug-likeness (QED) is 0.240. The molecule has 0 fully saturated rings. The van der Waals surface area contributed by atoms with E-state index in [-0.39, 0.29) is 11.9 Å². The summed E-state index contributed by atoms with van der Waals surface area (Å²) in [6, 6.07) is 12.9. The molecule has 7 nitrogen and oxygen atoms in total. The normalized spacial score (nSPS) is 11.9. The maximum atomic E-state index is 12.4. The van der Waals surface area contributed by atoms with Gasteiger partial charge in [-0.05, 0) is 43.7 Å². The predicted octanol–water partition coefficient (Wildman–Crippen LogP) is 6.53. The molecule has 2 heterocycles. The van der Waals surface area contributed by atoms with E-state index in [2.05, 4.69) is 20.5 Å². The Bertz CT molecular complexity index is 1340. The molecule has 0 aliphatic heterocycles. The van der Waals surface area contributed by atoms with Gasteiger partial charge in [-0.1, -0.05) is 54.0 Å². The lowest BCUT2D eigenvalue weighted by molar-refractivity contribution is 0.0935. The second kappa shape index (κ2) is 11.4. The first-order valence-corrected chi connectivity index (χ1v) is 13.4. The predicted molar refractivity (Wildman–Crippen MR) is 142 cm³/mol. The monoisotopic (exact) mass is 547 g/mol. The number of ether oxygens (including phenoxy) is 1. The number of methoxy groups -OCH3 is 1. The molecule has 182 valence electrons. The number of carbonyl (C=O) groups is 1. The number of rotatable bonds is 9. The minimum atomic E-state index is -0.166. The summed E-state index contributed by atoms with van der Waals surface area (Å²) in [6.07, 6.45) is 0.857. The number of nitrogens with zero attached hydrogens (tertiary/aromatic N) is 4. The number of thiazole rings is 1. The van der Waals surface area contributed by atoms with E-state index in [1.807, 2.05) is 42.7 Å². The van der Waals surface area contributed by atoms with Gasteiger partial charge >= 0.3 is 0 Å². The van der Waals surface area contributed by atoms with Crippen molar-refractivity contribution in [1.82, 2.24) is 25.1 Å². The Morgan fingerprint density at radius 1 is 1.23 bits per heavy atom. The molecule has 4 rings (SSSR count). The topological polar surface area (TPSA) is 81.9 Å². The lowest BCUT2D eigenvalue weighted by Crippen LogP contribution is -2.32. The second-order valence-electron chi connectivity index (χ2n) is 7.67. The fourth-order valence-corrected chi connectivity index (χ4v) is 5.30. The van der Waals surface area contributed by atoms with Gasteiger partial charge in [-0.3, -0.25) is 9.36 Å². The van der Waals surface area contributed by atoms with E-state index in [0.29, 0.717) is 43.9 Å². The lowest BCUT2D eigenvalue weighted by Gasteiger charge is -2.13. The molecule has 0 saturated heterocycles. The highest BCUT2D eigenvalue weighted by atomic mass is 35.5.